The molecule has 3 rings (SSSR count). The topological polar surface area (TPSA) is 42.6 Å². The minimum absolute atomic E-state index is 0.451. The van der Waals surface area contributed by atoms with E-state index in [1.165, 1.54) is 11.1 Å². The Morgan fingerprint density at radius 2 is 2.22 bits per heavy atom. The summed E-state index contributed by atoms with van der Waals surface area (Å²) < 4.78 is 10.4. The van der Waals surface area contributed by atoms with E-state index < -0.39 is 6.10 Å². The smallest absolute Gasteiger partial charge is 0.122 e. The number of hydrogen-bond acceptors (Lipinski definition) is 3. The minimum Gasteiger partial charge on any atom is -0.493 e. The Morgan fingerprint density at radius 3 is 3.06 bits per heavy atom. The molecule has 0 saturated heterocycles. The summed E-state index contributed by atoms with van der Waals surface area (Å²) in [5.41, 5.74) is 3.38. The molecule has 94 valence electrons. The highest BCUT2D eigenvalue weighted by atomic mass is 16.5. The molecule has 2 aromatic rings. The molecule has 3 nitrogen and oxygen atoms in total. The van der Waals surface area contributed by atoms with Crippen LogP contribution in [0.15, 0.2) is 41.2 Å². The molecule has 0 bridgehead atoms. The van der Waals surface area contributed by atoms with Crippen LogP contribution in [0.3, 0.4) is 0 Å². The van der Waals surface area contributed by atoms with Gasteiger partial charge in [-0.3, -0.25) is 0 Å². The molecule has 0 spiro atoms. The number of furan rings is 1. The van der Waals surface area contributed by atoms with Gasteiger partial charge in [0.05, 0.1) is 25.2 Å². The van der Waals surface area contributed by atoms with Crippen LogP contribution in [-0.4, -0.2) is 11.7 Å². The molecule has 1 aromatic heterocycles. The third kappa shape index (κ3) is 2.27. The fourth-order valence-electron chi connectivity index (χ4n) is 2.33. The maximum atomic E-state index is 9.98. The summed E-state index contributed by atoms with van der Waals surface area (Å²) in [7, 11) is 0. The van der Waals surface area contributed by atoms with Crippen LogP contribution >= 0.6 is 0 Å². The zero-order valence-corrected chi connectivity index (χ0v) is 10.1. The van der Waals surface area contributed by atoms with Crippen molar-refractivity contribution in [1.29, 1.82) is 0 Å². The van der Waals surface area contributed by atoms with Crippen molar-refractivity contribution in [3.05, 3.63) is 53.5 Å². The molecule has 1 N–H and O–H groups in total. The Bertz CT molecular complexity index is 517. The molecule has 0 radical (unpaired) electrons. The zero-order chi connectivity index (χ0) is 12.4. The highest BCUT2D eigenvalue weighted by Crippen LogP contribution is 2.27. The molecule has 0 saturated carbocycles. The highest BCUT2D eigenvalue weighted by molar-refractivity contribution is 5.39. The van der Waals surface area contributed by atoms with Gasteiger partial charge in [0.15, 0.2) is 0 Å². The number of aliphatic hydroxyl groups is 1. The minimum atomic E-state index is -0.451. The second-order valence-corrected chi connectivity index (χ2v) is 4.65. The Kier molecular flexibility index (Phi) is 3.07. The van der Waals surface area contributed by atoms with E-state index in [0.717, 1.165) is 30.8 Å². The molecule has 0 amide bonds. The fourth-order valence-corrected chi connectivity index (χ4v) is 2.33. The Morgan fingerprint density at radius 1 is 1.28 bits per heavy atom. The molecule has 1 atom stereocenters. The van der Waals surface area contributed by atoms with Crippen LogP contribution in [-0.2, 0) is 12.8 Å². The van der Waals surface area contributed by atoms with Crippen molar-refractivity contribution >= 4 is 0 Å². The van der Waals surface area contributed by atoms with Crippen LogP contribution in [0.5, 0.6) is 5.75 Å². The zero-order valence-electron chi connectivity index (χ0n) is 10.1. The first kappa shape index (κ1) is 11.4. The van der Waals surface area contributed by atoms with E-state index in [2.05, 4.69) is 12.1 Å². The van der Waals surface area contributed by atoms with Crippen molar-refractivity contribution < 1.29 is 14.3 Å². The molecular weight excluding hydrogens is 228 g/mol. The monoisotopic (exact) mass is 244 g/mol. The standard InChI is InChI=1S/C15H16O3/c16-14(13-5-7-17-10-13)3-1-11-2-4-15-12(9-11)6-8-18-15/h2,4-5,7,9-10,14,16H,1,3,6,8H2. The highest BCUT2D eigenvalue weighted by Gasteiger charge is 2.13. The molecule has 18 heavy (non-hydrogen) atoms. The van der Waals surface area contributed by atoms with Crippen LogP contribution in [0, 0.1) is 0 Å². The first-order valence-corrected chi connectivity index (χ1v) is 6.28. The van der Waals surface area contributed by atoms with E-state index in [0.29, 0.717) is 6.42 Å². The first-order chi connectivity index (χ1) is 8.83. The lowest BCUT2D eigenvalue weighted by molar-refractivity contribution is 0.167. The fraction of sp³-hybridized carbons (Fsp3) is 0.333. The van der Waals surface area contributed by atoms with Crippen molar-refractivity contribution in [1.82, 2.24) is 0 Å². The normalized spacial score (nSPS) is 15.2. The number of ether oxygens (including phenoxy) is 1. The van der Waals surface area contributed by atoms with Crippen molar-refractivity contribution in [2.24, 2.45) is 0 Å². The summed E-state index contributed by atoms with van der Waals surface area (Å²) in [6.07, 6.45) is 5.30. The summed E-state index contributed by atoms with van der Waals surface area (Å²) in [5, 5.41) is 9.98. The van der Waals surface area contributed by atoms with Crippen molar-refractivity contribution in [2.75, 3.05) is 6.61 Å². The van der Waals surface area contributed by atoms with Gasteiger partial charge in [-0.1, -0.05) is 12.1 Å². The van der Waals surface area contributed by atoms with E-state index in [1.807, 2.05) is 6.07 Å². The molecule has 1 aliphatic heterocycles. The van der Waals surface area contributed by atoms with Gasteiger partial charge in [0.1, 0.15) is 5.75 Å². The van der Waals surface area contributed by atoms with Gasteiger partial charge in [-0.05, 0) is 36.1 Å². The van der Waals surface area contributed by atoms with Gasteiger partial charge in [0.2, 0.25) is 0 Å². The summed E-state index contributed by atoms with van der Waals surface area (Å²) >= 11 is 0. The van der Waals surface area contributed by atoms with Crippen molar-refractivity contribution in [2.45, 2.75) is 25.4 Å². The molecule has 0 fully saturated rings. The van der Waals surface area contributed by atoms with Crippen LogP contribution in [0.2, 0.25) is 0 Å². The number of fused-ring (bicyclic) bond motifs is 1. The Balaban J connectivity index is 1.63. The number of aliphatic hydroxyl groups excluding tert-OH is 1. The second-order valence-electron chi connectivity index (χ2n) is 4.65. The van der Waals surface area contributed by atoms with Gasteiger partial charge in [-0.2, -0.15) is 0 Å². The van der Waals surface area contributed by atoms with Gasteiger partial charge in [-0.25, -0.2) is 0 Å². The van der Waals surface area contributed by atoms with Crippen LogP contribution < -0.4 is 4.74 Å². The summed E-state index contributed by atoms with van der Waals surface area (Å²) in [6.45, 7) is 0.788. The van der Waals surface area contributed by atoms with Gasteiger partial charge in [-0.15, -0.1) is 0 Å². The molecule has 1 aliphatic rings. The molecule has 2 heterocycles. The summed E-state index contributed by atoms with van der Waals surface area (Å²) in [6, 6.07) is 8.10. The van der Waals surface area contributed by atoms with Gasteiger partial charge in [0, 0.05) is 12.0 Å². The van der Waals surface area contributed by atoms with Crippen molar-refractivity contribution in [3.63, 3.8) is 0 Å². The second kappa shape index (κ2) is 4.86. The molecule has 0 aliphatic carbocycles. The maximum absolute atomic E-state index is 9.98. The lowest BCUT2D eigenvalue weighted by Crippen LogP contribution is -1.98. The van der Waals surface area contributed by atoms with Gasteiger partial charge in [0.25, 0.3) is 0 Å². The SMILES string of the molecule is OC(CCc1ccc2c(c1)CCO2)c1ccoc1. The molecule has 1 aromatic carbocycles. The number of hydrogen-bond donors (Lipinski definition) is 1. The molecule has 3 heteroatoms. The summed E-state index contributed by atoms with van der Waals surface area (Å²) in [4.78, 5) is 0. The van der Waals surface area contributed by atoms with Gasteiger partial charge >= 0.3 is 0 Å². The van der Waals surface area contributed by atoms with E-state index in [1.54, 1.807) is 18.6 Å². The summed E-state index contributed by atoms with van der Waals surface area (Å²) in [5.74, 6) is 1.01. The van der Waals surface area contributed by atoms with Crippen LogP contribution in [0.4, 0.5) is 0 Å². The number of benzene rings is 1. The Labute approximate surface area is 106 Å². The van der Waals surface area contributed by atoms with E-state index in [-0.39, 0.29) is 0 Å². The van der Waals surface area contributed by atoms with Crippen LogP contribution in [0.25, 0.3) is 0 Å². The van der Waals surface area contributed by atoms with E-state index in [9.17, 15) is 5.11 Å². The predicted molar refractivity (Wildman–Crippen MR) is 67.6 cm³/mol. The third-order valence-corrected chi connectivity index (χ3v) is 3.39. The number of rotatable bonds is 4. The first-order valence-electron chi connectivity index (χ1n) is 6.28. The Hall–Kier alpha value is -1.74. The van der Waals surface area contributed by atoms with Crippen molar-refractivity contribution in [3.8, 4) is 5.75 Å². The predicted octanol–water partition coefficient (Wildman–Crippen LogP) is 2.88. The largest absolute Gasteiger partial charge is 0.493 e. The average Bonchev–Trinajstić information content (AvgIpc) is 3.05. The van der Waals surface area contributed by atoms with Crippen LogP contribution in [0.1, 0.15) is 29.2 Å². The van der Waals surface area contributed by atoms with E-state index >= 15 is 0 Å². The quantitative estimate of drug-likeness (QED) is 0.899. The third-order valence-electron chi connectivity index (χ3n) is 3.39. The maximum Gasteiger partial charge on any atom is 0.122 e. The average molecular weight is 244 g/mol. The lowest BCUT2D eigenvalue weighted by atomic mass is 10.0. The molecular formula is C15H16O3. The molecule has 1 unspecified atom stereocenters. The van der Waals surface area contributed by atoms with E-state index in [4.69, 9.17) is 9.15 Å². The van der Waals surface area contributed by atoms with Gasteiger partial charge < -0.3 is 14.3 Å². The lowest BCUT2D eigenvalue weighted by Gasteiger charge is -2.09. The number of aryl methyl sites for hydroxylation is 1.